The summed E-state index contributed by atoms with van der Waals surface area (Å²) in [5, 5.41) is 0.663. The van der Waals surface area contributed by atoms with Crippen molar-refractivity contribution in [2.24, 2.45) is 5.92 Å². The molecule has 1 aromatic carbocycles. The van der Waals surface area contributed by atoms with Gasteiger partial charge in [0.1, 0.15) is 0 Å². The van der Waals surface area contributed by atoms with E-state index in [2.05, 4.69) is 24.7 Å². The molecule has 0 unspecified atom stereocenters. The normalized spacial score (nSPS) is 10.4. The van der Waals surface area contributed by atoms with Crippen LogP contribution in [0.4, 0.5) is 0 Å². The van der Waals surface area contributed by atoms with E-state index in [0.29, 0.717) is 17.4 Å². The first-order chi connectivity index (χ1) is 9.47. The Kier molecular flexibility index (Phi) is 7.47. The zero-order valence-corrected chi connectivity index (χ0v) is 13.2. The number of hydrogen-bond acceptors (Lipinski definition) is 3. The number of nitrogens with one attached hydrogen (secondary N) is 2. The predicted molar refractivity (Wildman–Crippen MR) is 82.5 cm³/mol. The first-order valence-electron chi connectivity index (χ1n) is 6.43. The smallest absolute Gasteiger partial charge is 0.248 e. The third-order valence-corrected chi connectivity index (χ3v) is 3.74. The van der Waals surface area contributed by atoms with Crippen LogP contribution in [0.5, 0.6) is 0 Å². The van der Waals surface area contributed by atoms with Gasteiger partial charge in [0, 0.05) is 16.3 Å². The van der Waals surface area contributed by atoms with E-state index in [1.807, 2.05) is 12.1 Å². The van der Waals surface area contributed by atoms with Gasteiger partial charge in [-0.1, -0.05) is 25.4 Å². The molecule has 0 aliphatic rings. The van der Waals surface area contributed by atoms with Gasteiger partial charge in [-0.25, -0.2) is 0 Å². The van der Waals surface area contributed by atoms with Gasteiger partial charge in [0.2, 0.25) is 11.8 Å². The number of benzene rings is 1. The van der Waals surface area contributed by atoms with Crippen LogP contribution in [0.25, 0.3) is 0 Å². The molecule has 1 aromatic rings. The summed E-state index contributed by atoms with van der Waals surface area (Å²) in [6.45, 7) is 4.10. The topological polar surface area (TPSA) is 58.2 Å². The second-order valence-electron chi connectivity index (χ2n) is 4.77. The summed E-state index contributed by atoms with van der Waals surface area (Å²) < 4.78 is 0. The maximum absolute atomic E-state index is 11.6. The van der Waals surface area contributed by atoms with E-state index in [1.54, 1.807) is 12.1 Å². The van der Waals surface area contributed by atoms with E-state index < -0.39 is 0 Å². The molecule has 0 heterocycles. The molecule has 2 N–H and O–H groups in total. The highest BCUT2D eigenvalue weighted by molar-refractivity contribution is 8.00. The quantitative estimate of drug-likeness (QED) is 0.627. The lowest BCUT2D eigenvalue weighted by Crippen LogP contribution is -2.42. The molecule has 0 aliphatic carbocycles. The van der Waals surface area contributed by atoms with Crippen molar-refractivity contribution in [1.82, 2.24) is 10.9 Å². The van der Waals surface area contributed by atoms with E-state index >= 15 is 0 Å². The minimum Gasteiger partial charge on any atom is -0.273 e. The van der Waals surface area contributed by atoms with E-state index in [1.165, 1.54) is 11.8 Å². The molecule has 2 amide bonds. The summed E-state index contributed by atoms with van der Waals surface area (Å²) in [6.07, 6.45) is 1.23. The first-order valence-corrected chi connectivity index (χ1v) is 7.80. The van der Waals surface area contributed by atoms with E-state index in [9.17, 15) is 9.59 Å². The van der Waals surface area contributed by atoms with Gasteiger partial charge in [-0.05, 0) is 36.6 Å². The van der Waals surface area contributed by atoms with Crippen LogP contribution in [0.2, 0.25) is 5.02 Å². The second kappa shape index (κ2) is 8.87. The maximum atomic E-state index is 11.6. The molecule has 0 aliphatic heterocycles. The van der Waals surface area contributed by atoms with Crippen molar-refractivity contribution in [2.45, 2.75) is 31.6 Å². The average molecular weight is 315 g/mol. The third-order valence-electron chi connectivity index (χ3n) is 2.47. The number of amides is 2. The molecule has 110 valence electrons. The predicted octanol–water partition coefficient (Wildman–Crippen LogP) is 3.02. The Morgan fingerprint density at radius 1 is 1.15 bits per heavy atom. The average Bonchev–Trinajstić information content (AvgIpc) is 2.42. The number of thioether (sulfide) groups is 1. The highest BCUT2D eigenvalue weighted by Gasteiger charge is 2.06. The molecule has 4 nitrogen and oxygen atoms in total. The van der Waals surface area contributed by atoms with Crippen LogP contribution in [0.3, 0.4) is 0 Å². The van der Waals surface area contributed by atoms with Crippen LogP contribution in [-0.4, -0.2) is 17.6 Å². The number of hydrogen-bond donors (Lipinski definition) is 2. The minimum absolute atomic E-state index is 0.163. The summed E-state index contributed by atoms with van der Waals surface area (Å²) in [5.41, 5.74) is 4.81. The first kappa shape index (κ1) is 16.9. The monoisotopic (exact) mass is 314 g/mol. The Morgan fingerprint density at radius 3 is 2.35 bits per heavy atom. The molecular weight excluding hydrogens is 296 g/mol. The van der Waals surface area contributed by atoms with Gasteiger partial charge >= 0.3 is 0 Å². The van der Waals surface area contributed by atoms with Crippen molar-refractivity contribution in [3.63, 3.8) is 0 Å². The fourth-order valence-electron chi connectivity index (χ4n) is 1.34. The lowest BCUT2D eigenvalue weighted by Gasteiger charge is -2.08. The van der Waals surface area contributed by atoms with Gasteiger partial charge in [0.05, 0.1) is 5.75 Å². The Hall–Kier alpha value is -1.20. The van der Waals surface area contributed by atoms with E-state index in [-0.39, 0.29) is 17.6 Å². The van der Waals surface area contributed by atoms with Gasteiger partial charge < -0.3 is 0 Å². The number of hydrazine groups is 1. The van der Waals surface area contributed by atoms with Crippen LogP contribution in [0.15, 0.2) is 29.2 Å². The lowest BCUT2D eigenvalue weighted by atomic mass is 10.1. The highest BCUT2D eigenvalue weighted by atomic mass is 35.5. The number of carbonyl (C=O) groups excluding carboxylic acids is 2. The molecule has 0 aromatic heterocycles. The molecular formula is C14H19ClN2O2S. The molecule has 0 spiro atoms. The lowest BCUT2D eigenvalue weighted by molar-refractivity contribution is -0.127. The molecule has 0 saturated heterocycles. The van der Waals surface area contributed by atoms with Gasteiger partial charge in [0.15, 0.2) is 0 Å². The van der Waals surface area contributed by atoms with Gasteiger partial charge in [0.25, 0.3) is 0 Å². The fourth-order valence-corrected chi connectivity index (χ4v) is 2.16. The standard InChI is InChI=1S/C14H19ClN2O2S/c1-10(2)3-8-13(18)16-17-14(19)9-20-12-6-4-11(15)5-7-12/h4-7,10H,3,8-9H2,1-2H3,(H,16,18)(H,17,19). The van der Waals surface area contributed by atoms with Crippen LogP contribution >= 0.6 is 23.4 Å². The molecule has 20 heavy (non-hydrogen) atoms. The maximum Gasteiger partial charge on any atom is 0.248 e. The summed E-state index contributed by atoms with van der Waals surface area (Å²) >= 11 is 7.16. The van der Waals surface area contributed by atoms with Crippen molar-refractivity contribution < 1.29 is 9.59 Å². The number of rotatable bonds is 6. The van der Waals surface area contributed by atoms with Crippen LogP contribution < -0.4 is 10.9 Å². The number of carbonyl (C=O) groups is 2. The van der Waals surface area contributed by atoms with Gasteiger partial charge in [-0.15, -0.1) is 11.8 Å². The Bertz CT molecular complexity index is 449. The van der Waals surface area contributed by atoms with Crippen molar-refractivity contribution in [3.8, 4) is 0 Å². The largest absolute Gasteiger partial charge is 0.273 e. The Balaban J connectivity index is 2.20. The molecule has 1 rings (SSSR count). The van der Waals surface area contributed by atoms with E-state index in [0.717, 1.165) is 11.3 Å². The van der Waals surface area contributed by atoms with Gasteiger partial charge in [-0.3, -0.25) is 20.4 Å². The van der Waals surface area contributed by atoms with E-state index in [4.69, 9.17) is 11.6 Å². The zero-order chi connectivity index (χ0) is 15.0. The van der Waals surface area contributed by atoms with Crippen LogP contribution in [0.1, 0.15) is 26.7 Å². The van der Waals surface area contributed by atoms with Crippen molar-refractivity contribution >= 4 is 35.2 Å². The van der Waals surface area contributed by atoms with Crippen molar-refractivity contribution in [3.05, 3.63) is 29.3 Å². The highest BCUT2D eigenvalue weighted by Crippen LogP contribution is 2.19. The fraction of sp³-hybridized carbons (Fsp3) is 0.429. The van der Waals surface area contributed by atoms with Crippen LogP contribution in [-0.2, 0) is 9.59 Å². The van der Waals surface area contributed by atoms with Crippen molar-refractivity contribution in [2.75, 3.05) is 5.75 Å². The summed E-state index contributed by atoms with van der Waals surface area (Å²) in [6, 6.07) is 7.24. The second-order valence-corrected chi connectivity index (χ2v) is 6.26. The summed E-state index contributed by atoms with van der Waals surface area (Å²) in [4.78, 5) is 23.9. The number of halogens is 1. The summed E-state index contributed by atoms with van der Waals surface area (Å²) in [7, 11) is 0. The molecule has 6 heteroatoms. The molecule has 0 atom stereocenters. The zero-order valence-electron chi connectivity index (χ0n) is 11.6. The Labute approximate surface area is 128 Å². The third kappa shape index (κ3) is 7.40. The summed E-state index contributed by atoms with van der Waals surface area (Å²) in [5.74, 6) is 0.315. The molecule has 0 radical (unpaired) electrons. The molecule has 0 fully saturated rings. The van der Waals surface area contributed by atoms with Crippen LogP contribution in [0, 0.1) is 5.92 Å². The minimum atomic E-state index is -0.233. The van der Waals surface area contributed by atoms with Crippen molar-refractivity contribution in [1.29, 1.82) is 0 Å². The van der Waals surface area contributed by atoms with Gasteiger partial charge in [-0.2, -0.15) is 0 Å². The molecule has 0 bridgehead atoms. The molecule has 0 saturated carbocycles. The Morgan fingerprint density at radius 2 is 1.75 bits per heavy atom. The SMILES string of the molecule is CC(C)CCC(=O)NNC(=O)CSc1ccc(Cl)cc1.